The largest absolute Gasteiger partial charge is 0.397 e. The molecule has 1 amide bonds. The Bertz CT molecular complexity index is 487. The van der Waals surface area contributed by atoms with E-state index in [2.05, 4.69) is 10.6 Å². The summed E-state index contributed by atoms with van der Waals surface area (Å²) in [6.07, 6.45) is 0. The Labute approximate surface area is 126 Å². The predicted molar refractivity (Wildman–Crippen MR) is 86.5 cm³/mol. The predicted octanol–water partition coefficient (Wildman–Crippen LogP) is 0.743. The fourth-order valence-electron chi connectivity index (χ4n) is 2.15. The zero-order chi connectivity index (χ0) is 16.0. The maximum atomic E-state index is 11.7. The van der Waals surface area contributed by atoms with Crippen molar-refractivity contribution in [3.05, 3.63) is 23.8 Å². The number of aliphatic hydroxyl groups is 1. The summed E-state index contributed by atoms with van der Waals surface area (Å²) in [7, 11) is 3.81. The van der Waals surface area contributed by atoms with Gasteiger partial charge in [0, 0.05) is 25.2 Å². The number of nitrogens with zero attached hydrogens (tertiary/aromatic N) is 1. The van der Waals surface area contributed by atoms with Crippen molar-refractivity contribution in [3.8, 4) is 0 Å². The number of nitrogens with one attached hydrogen (secondary N) is 2. The number of nitrogen functional groups attached to an aromatic ring is 1. The van der Waals surface area contributed by atoms with Crippen LogP contribution in [0.25, 0.3) is 0 Å². The van der Waals surface area contributed by atoms with Crippen LogP contribution in [0.5, 0.6) is 0 Å². The van der Waals surface area contributed by atoms with Crippen LogP contribution in [0.2, 0.25) is 0 Å². The van der Waals surface area contributed by atoms with Gasteiger partial charge in [0.25, 0.3) is 5.91 Å². The quantitative estimate of drug-likeness (QED) is 0.557. The zero-order valence-electron chi connectivity index (χ0n) is 13.2. The number of carbonyl (C=O) groups is 1. The lowest BCUT2D eigenvalue weighted by Crippen LogP contribution is -2.43. The Kier molecular flexibility index (Phi) is 5.99. The first-order valence-corrected chi connectivity index (χ1v) is 7.04. The van der Waals surface area contributed by atoms with E-state index in [-0.39, 0.29) is 5.91 Å². The molecule has 0 heterocycles. The first-order chi connectivity index (χ1) is 9.75. The molecule has 1 aromatic carbocycles. The Morgan fingerprint density at radius 3 is 2.62 bits per heavy atom. The molecule has 0 aliphatic heterocycles. The highest BCUT2D eigenvalue weighted by Gasteiger charge is 2.21. The Balaban J connectivity index is 2.71. The van der Waals surface area contributed by atoms with Crippen molar-refractivity contribution in [1.29, 1.82) is 0 Å². The molecule has 1 aromatic rings. The summed E-state index contributed by atoms with van der Waals surface area (Å²) in [5.74, 6) is -0.143. The number of benzene rings is 1. The first kappa shape index (κ1) is 17.3. The number of likely N-dealkylation sites (N-methyl/N-ethyl adjacent to an activating group) is 1. The van der Waals surface area contributed by atoms with E-state index in [0.717, 1.165) is 0 Å². The van der Waals surface area contributed by atoms with Crippen molar-refractivity contribution in [1.82, 2.24) is 10.2 Å². The number of hydrogen-bond acceptors (Lipinski definition) is 5. The minimum atomic E-state index is -0.867. The van der Waals surface area contributed by atoms with E-state index in [9.17, 15) is 9.90 Å². The van der Waals surface area contributed by atoms with Crippen LogP contribution in [0.4, 0.5) is 11.4 Å². The Morgan fingerprint density at radius 1 is 1.43 bits per heavy atom. The van der Waals surface area contributed by atoms with Crippen LogP contribution in [0, 0.1) is 0 Å². The standard InChI is InChI=1S/C15H26N4O2/c1-5-17-14(20)11-6-7-13(12(16)8-11)18-9-15(2,21)10-19(3)4/h6-8,18,21H,5,9-10,16H2,1-4H3,(H,17,20). The third kappa shape index (κ3) is 5.61. The maximum Gasteiger partial charge on any atom is 0.251 e. The van der Waals surface area contributed by atoms with Gasteiger partial charge < -0.3 is 26.4 Å². The van der Waals surface area contributed by atoms with Crippen LogP contribution in [0.1, 0.15) is 24.2 Å². The van der Waals surface area contributed by atoms with Gasteiger partial charge >= 0.3 is 0 Å². The molecule has 0 aliphatic carbocycles. The van der Waals surface area contributed by atoms with E-state index < -0.39 is 5.60 Å². The van der Waals surface area contributed by atoms with E-state index in [1.54, 1.807) is 25.1 Å². The van der Waals surface area contributed by atoms with Gasteiger partial charge in [-0.1, -0.05) is 0 Å². The number of rotatable bonds is 7. The maximum absolute atomic E-state index is 11.7. The van der Waals surface area contributed by atoms with Crippen molar-refractivity contribution >= 4 is 17.3 Å². The monoisotopic (exact) mass is 294 g/mol. The molecule has 0 saturated heterocycles. The van der Waals surface area contributed by atoms with Gasteiger partial charge in [-0.05, 0) is 46.1 Å². The second kappa shape index (κ2) is 7.28. The average molecular weight is 294 g/mol. The summed E-state index contributed by atoms with van der Waals surface area (Å²) in [5.41, 5.74) is 6.81. The summed E-state index contributed by atoms with van der Waals surface area (Å²) < 4.78 is 0. The van der Waals surface area contributed by atoms with Gasteiger partial charge in [0.15, 0.2) is 0 Å². The lowest BCUT2D eigenvalue weighted by atomic mass is 10.1. The molecule has 5 N–H and O–H groups in total. The van der Waals surface area contributed by atoms with E-state index >= 15 is 0 Å². The van der Waals surface area contributed by atoms with Crippen molar-refractivity contribution in [2.24, 2.45) is 0 Å². The molecule has 0 spiro atoms. The Hall–Kier alpha value is -1.79. The van der Waals surface area contributed by atoms with Gasteiger partial charge in [-0.25, -0.2) is 0 Å². The second-order valence-electron chi connectivity index (χ2n) is 5.75. The molecule has 1 rings (SSSR count). The van der Waals surface area contributed by atoms with Crippen molar-refractivity contribution < 1.29 is 9.90 Å². The summed E-state index contributed by atoms with van der Waals surface area (Å²) >= 11 is 0. The van der Waals surface area contributed by atoms with Crippen molar-refractivity contribution in [2.75, 3.05) is 44.8 Å². The highest BCUT2D eigenvalue weighted by atomic mass is 16.3. The van der Waals surface area contributed by atoms with Crippen LogP contribution >= 0.6 is 0 Å². The first-order valence-electron chi connectivity index (χ1n) is 7.04. The molecule has 0 aromatic heterocycles. The van der Waals surface area contributed by atoms with Gasteiger partial charge in [-0.15, -0.1) is 0 Å². The van der Waals surface area contributed by atoms with Crippen molar-refractivity contribution in [2.45, 2.75) is 19.4 Å². The van der Waals surface area contributed by atoms with Gasteiger partial charge in [0.2, 0.25) is 0 Å². The molecule has 6 nitrogen and oxygen atoms in total. The lowest BCUT2D eigenvalue weighted by Gasteiger charge is -2.27. The second-order valence-corrected chi connectivity index (χ2v) is 5.75. The normalized spacial score (nSPS) is 13.8. The highest BCUT2D eigenvalue weighted by Crippen LogP contribution is 2.21. The number of amides is 1. The molecule has 0 radical (unpaired) electrons. The van der Waals surface area contributed by atoms with Crippen LogP contribution in [-0.2, 0) is 0 Å². The van der Waals surface area contributed by atoms with Gasteiger partial charge in [-0.2, -0.15) is 0 Å². The summed E-state index contributed by atoms with van der Waals surface area (Å²) in [4.78, 5) is 13.6. The van der Waals surface area contributed by atoms with E-state index in [4.69, 9.17) is 5.73 Å². The zero-order valence-corrected chi connectivity index (χ0v) is 13.2. The van der Waals surface area contributed by atoms with E-state index in [0.29, 0.717) is 36.6 Å². The highest BCUT2D eigenvalue weighted by molar-refractivity contribution is 5.96. The number of carbonyl (C=O) groups excluding carboxylic acids is 1. The molecule has 0 bridgehead atoms. The van der Waals surface area contributed by atoms with Crippen LogP contribution < -0.4 is 16.4 Å². The fourth-order valence-corrected chi connectivity index (χ4v) is 2.15. The Morgan fingerprint density at radius 2 is 2.10 bits per heavy atom. The molecule has 118 valence electrons. The van der Waals surface area contributed by atoms with Crippen LogP contribution in [-0.4, -0.2) is 55.2 Å². The average Bonchev–Trinajstić information content (AvgIpc) is 2.36. The smallest absolute Gasteiger partial charge is 0.251 e. The lowest BCUT2D eigenvalue weighted by molar-refractivity contribution is 0.0460. The minimum Gasteiger partial charge on any atom is -0.397 e. The SMILES string of the molecule is CCNC(=O)c1ccc(NCC(C)(O)CN(C)C)c(N)c1. The molecule has 1 unspecified atom stereocenters. The van der Waals surface area contributed by atoms with Crippen LogP contribution in [0.3, 0.4) is 0 Å². The third-order valence-electron chi connectivity index (χ3n) is 2.97. The molecule has 21 heavy (non-hydrogen) atoms. The van der Waals surface area contributed by atoms with Gasteiger partial charge in [0.05, 0.1) is 17.0 Å². The molecule has 1 atom stereocenters. The molecule has 0 aliphatic rings. The summed E-state index contributed by atoms with van der Waals surface area (Å²) in [5, 5.41) is 16.1. The van der Waals surface area contributed by atoms with E-state index in [1.807, 2.05) is 25.9 Å². The van der Waals surface area contributed by atoms with Gasteiger partial charge in [-0.3, -0.25) is 4.79 Å². The van der Waals surface area contributed by atoms with E-state index in [1.165, 1.54) is 0 Å². The molecule has 6 heteroatoms. The molecular weight excluding hydrogens is 268 g/mol. The molecule has 0 saturated carbocycles. The fraction of sp³-hybridized carbons (Fsp3) is 0.533. The van der Waals surface area contributed by atoms with Crippen LogP contribution in [0.15, 0.2) is 18.2 Å². The third-order valence-corrected chi connectivity index (χ3v) is 2.97. The van der Waals surface area contributed by atoms with Gasteiger partial charge in [0.1, 0.15) is 0 Å². The number of nitrogens with two attached hydrogens (primary N) is 1. The molecule has 0 fully saturated rings. The summed E-state index contributed by atoms with van der Waals surface area (Å²) in [6.45, 7) is 5.11. The topological polar surface area (TPSA) is 90.6 Å². The molecular formula is C15H26N4O2. The van der Waals surface area contributed by atoms with Crippen molar-refractivity contribution in [3.63, 3.8) is 0 Å². The summed E-state index contributed by atoms with van der Waals surface area (Å²) in [6, 6.07) is 5.10. The number of anilines is 2. The number of hydrogen-bond donors (Lipinski definition) is 4. The minimum absolute atomic E-state index is 0.143.